The van der Waals surface area contributed by atoms with E-state index < -0.39 is 0 Å². The number of nitrogens with zero attached hydrogens (tertiary/aromatic N) is 9. The van der Waals surface area contributed by atoms with Crippen LogP contribution in [0.4, 0.5) is 0 Å². The summed E-state index contributed by atoms with van der Waals surface area (Å²) in [6.45, 7) is 0. The fourth-order valence-electron chi connectivity index (χ4n) is 20.8. The van der Waals surface area contributed by atoms with Crippen molar-refractivity contribution in [1.29, 1.82) is 0 Å². The van der Waals surface area contributed by atoms with E-state index in [0.717, 1.165) is 107 Å². The van der Waals surface area contributed by atoms with Crippen LogP contribution in [0.25, 0.3) is 266 Å². The molecule has 634 valence electrons. The zero-order chi connectivity index (χ0) is 89.4. The fourth-order valence-corrected chi connectivity index (χ4v) is 24.6. The Morgan fingerprint density at radius 1 is 0.176 bits per heavy atom. The van der Waals surface area contributed by atoms with Crippen molar-refractivity contribution >= 4 is 203 Å². The second-order valence-corrected chi connectivity index (χ2v) is 37.7. The van der Waals surface area contributed by atoms with Gasteiger partial charge >= 0.3 is 0 Å². The Morgan fingerprint density at radius 2 is 0.441 bits per heavy atom. The topological polar surface area (TPSA) is 92.1 Å². The first-order chi connectivity index (χ1) is 67.5. The Morgan fingerprint density at radius 3 is 0.801 bits per heavy atom. The fraction of sp³-hybridized carbons (Fsp3) is 0. The Hall–Kier alpha value is -17.3. The maximum atomic E-state index is 5.27. The molecule has 0 N–H and O–H groups in total. The highest BCUT2D eigenvalue weighted by Crippen LogP contribution is 2.53. The molecule has 29 rings (SSSR count). The largest absolute Gasteiger partial charge is 0.308 e. The van der Waals surface area contributed by atoms with Gasteiger partial charge in [0.2, 0.25) is 5.95 Å². The van der Waals surface area contributed by atoms with Crippen molar-refractivity contribution in [2.75, 3.05) is 0 Å². The van der Waals surface area contributed by atoms with E-state index in [-0.39, 0.29) is 0 Å². The lowest BCUT2D eigenvalue weighted by molar-refractivity contribution is 0.998. The molecule has 29 aromatic rings. The van der Waals surface area contributed by atoms with E-state index in [1.54, 1.807) is 0 Å². The quantitative estimate of drug-likeness (QED) is 0.135. The third kappa shape index (κ3) is 12.9. The number of rotatable bonds is 10. The van der Waals surface area contributed by atoms with Crippen LogP contribution in [0.2, 0.25) is 0 Å². The molecule has 9 heterocycles. The molecule has 0 radical (unpaired) electrons. The average Bonchev–Trinajstić information content (AvgIpc) is 1.55. The predicted octanol–water partition coefficient (Wildman–Crippen LogP) is 34.1. The first kappa shape index (κ1) is 78.6. The van der Waals surface area contributed by atoms with Crippen molar-refractivity contribution in [3.8, 4) is 96.4 Å². The summed E-state index contributed by atoms with van der Waals surface area (Å²) >= 11 is 5.63. The summed E-state index contributed by atoms with van der Waals surface area (Å²) < 4.78 is 15.0. The normalized spacial score (nSPS) is 11.8. The van der Waals surface area contributed by atoms with Gasteiger partial charge < -0.3 is 9.13 Å². The van der Waals surface area contributed by atoms with Crippen molar-refractivity contribution in [2.45, 2.75) is 0 Å². The molecule has 0 unspecified atom stereocenters. The maximum Gasteiger partial charge on any atom is 0.235 e. The summed E-state index contributed by atoms with van der Waals surface area (Å²) in [6.07, 6.45) is 0. The van der Waals surface area contributed by atoms with Crippen molar-refractivity contribution in [1.82, 2.24) is 43.6 Å². The van der Waals surface area contributed by atoms with Crippen LogP contribution >= 0.6 is 34.0 Å². The minimum absolute atomic E-state index is 0.676. The lowest BCUT2D eigenvalue weighted by Gasteiger charge is -2.12. The Kier molecular flexibility index (Phi) is 18.7. The van der Waals surface area contributed by atoms with E-state index in [2.05, 4.69) is 432 Å². The maximum absolute atomic E-state index is 5.27. The van der Waals surface area contributed by atoms with Crippen molar-refractivity contribution in [3.05, 3.63) is 455 Å². The molecule has 9 aromatic heterocycles. The van der Waals surface area contributed by atoms with E-state index in [0.29, 0.717) is 11.8 Å². The van der Waals surface area contributed by atoms with Gasteiger partial charge in [-0.05, 0) is 135 Å². The van der Waals surface area contributed by atoms with Gasteiger partial charge in [0.05, 0.1) is 81.2 Å². The summed E-state index contributed by atoms with van der Waals surface area (Å²) in [5, 5.41) is 24.2. The van der Waals surface area contributed by atoms with Crippen molar-refractivity contribution in [3.63, 3.8) is 0 Å². The monoisotopic (exact) mass is 1790 g/mol. The second-order valence-electron chi connectivity index (χ2n) is 34.5. The van der Waals surface area contributed by atoms with E-state index in [1.807, 2.05) is 70.4 Å². The summed E-state index contributed by atoms with van der Waals surface area (Å²) in [7, 11) is 0. The lowest BCUT2D eigenvalue weighted by Crippen LogP contribution is -2.04. The van der Waals surface area contributed by atoms with Gasteiger partial charge in [-0.15, -0.1) is 34.0 Å². The molecule has 0 atom stereocenters. The van der Waals surface area contributed by atoms with E-state index in [1.165, 1.54) is 147 Å². The lowest BCUT2D eigenvalue weighted by atomic mass is 9.99. The molecule has 0 spiro atoms. The van der Waals surface area contributed by atoms with Crippen LogP contribution in [0.5, 0.6) is 0 Å². The molecular formula is C124H75N9S3. The van der Waals surface area contributed by atoms with Gasteiger partial charge in [0, 0.05) is 134 Å². The predicted molar refractivity (Wildman–Crippen MR) is 576 cm³/mol. The zero-order valence-corrected chi connectivity index (χ0v) is 75.5. The standard InChI is InChI=1S/C44H27N3S.C42H25N3S.C38H23N3S/c1-3-13-28(14-4-1)36-27-37(29-15-5-2-6-16-29)46-44(45-36)30-23-25-31(26-24-30)47-38-21-11-9-19-34(38)40-32-17-7-8-18-33(32)41-35-20-10-12-22-39(35)48-43(41)42(40)47;1-2-12-26(13-3-1)39-31-16-6-9-19-34(31)43-42(44-39)27-22-24-28(25-23-27)45-35-20-10-7-17-32(35)37-29-14-4-5-15-30(29)38-33-18-8-11-21-36(33)46-41(38)40(37)45;1-3-13-24(14-4-1)30-23-31(25-15-5-2-6-16-25)40-38(39-30)41-32-21-11-9-19-28(32)34-26-17-7-8-18-27(26)35-29-20-10-12-22-33(29)42-37(35)36(34)41/h1-27H;1-25H;1-23H. The molecule has 0 aliphatic carbocycles. The number of benzene rings is 20. The van der Waals surface area contributed by atoms with Crippen molar-refractivity contribution in [2.24, 2.45) is 0 Å². The van der Waals surface area contributed by atoms with Crippen LogP contribution < -0.4 is 0 Å². The molecule has 0 saturated heterocycles. The van der Waals surface area contributed by atoms with Crippen LogP contribution in [-0.4, -0.2) is 43.6 Å². The summed E-state index contributed by atoms with van der Waals surface area (Å²) in [6, 6.07) is 161. The molecule has 0 saturated carbocycles. The Labute approximate surface area is 792 Å². The molecule has 0 bridgehead atoms. The van der Waals surface area contributed by atoms with Gasteiger partial charge in [0.25, 0.3) is 0 Å². The van der Waals surface area contributed by atoms with E-state index in [9.17, 15) is 0 Å². The highest BCUT2D eigenvalue weighted by atomic mass is 32.1. The number of fused-ring (bicyclic) bond motifs is 31. The Balaban J connectivity index is 0.000000104. The first-order valence-electron chi connectivity index (χ1n) is 45.8. The molecule has 0 aliphatic heterocycles. The highest BCUT2D eigenvalue weighted by molar-refractivity contribution is 7.28. The van der Waals surface area contributed by atoms with Crippen LogP contribution in [0.1, 0.15) is 0 Å². The first-order valence-corrected chi connectivity index (χ1v) is 48.2. The molecule has 0 amide bonds. The third-order valence-corrected chi connectivity index (χ3v) is 30.3. The van der Waals surface area contributed by atoms with Gasteiger partial charge in [-0.25, -0.2) is 29.9 Å². The van der Waals surface area contributed by atoms with E-state index in [4.69, 9.17) is 29.9 Å². The Bertz CT molecular complexity index is 9740. The van der Waals surface area contributed by atoms with Crippen molar-refractivity contribution < 1.29 is 0 Å². The SMILES string of the molecule is c1ccc(-c2cc(-c3ccccc3)nc(-c3ccc(-n4c5ccccc5c5c6ccccc6c6c7ccccc7sc6c54)cc3)n2)cc1.c1ccc(-c2cc(-c3ccccc3)nc(-n3c4ccccc4c4c5ccccc5c5c6ccccc6sc5c43)n2)cc1.c1ccc(-c2nc(-c3ccc(-n4c5ccccc5c5c6ccccc6c6c7ccccc7sc6c54)cc3)nc3ccccc23)cc1. The molecule has 0 fully saturated rings. The minimum Gasteiger partial charge on any atom is -0.308 e. The van der Waals surface area contributed by atoms with Gasteiger partial charge in [-0.1, -0.05) is 352 Å². The molecular weight excluding hydrogens is 1710 g/mol. The summed E-state index contributed by atoms with van der Waals surface area (Å²) in [5.41, 5.74) is 22.3. The smallest absolute Gasteiger partial charge is 0.235 e. The minimum atomic E-state index is 0.676. The van der Waals surface area contributed by atoms with E-state index >= 15 is 0 Å². The van der Waals surface area contributed by atoms with Gasteiger partial charge in [-0.2, -0.15) is 0 Å². The van der Waals surface area contributed by atoms with Crippen LogP contribution in [0.15, 0.2) is 455 Å². The zero-order valence-electron chi connectivity index (χ0n) is 73.1. The second kappa shape index (κ2) is 32.3. The average molecular weight is 1790 g/mol. The molecule has 20 aromatic carbocycles. The molecule has 12 heteroatoms. The number of hydrogen-bond donors (Lipinski definition) is 0. The summed E-state index contributed by atoms with van der Waals surface area (Å²) in [4.78, 5) is 30.8. The van der Waals surface area contributed by atoms with Gasteiger partial charge in [-0.3, -0.25) is 4.57 Å². The number of hydrogen-bond acceptors (Lipinski definition) is 9. The molecule has 0 aliphatic rings. The molecule has 9 nitrogen and oxygen atoms in total. The third-order valence-electron chi connectivity index (χ3n) is 26.8. The molecule has 136 heavy (non-hydrogen) atoms. The van der Waals surface area contributed by atoms with Gasteiger partial charge in [0.15, 0.2) is 11.6 Å². The number of para-hydroxylation sites is 4. The number of aromatic nitrogens is 9. The van der Waals surface area contributed by atoms with Crippen LogP contribution in [0, 0.1) is 0 Å². The van der Waals surface area contributed by atoms with Gasteiger partial charge in [0.1, 0.15) is 0 Å². The van der Waals surface area contributed by atoms with Crippen LogP contribution in [-0.2, 0) is 0 Å². The van der Waals surface area contributed by atoms with Crippen LogP contribution in [0.3, 0.4) is 0 Å². The number of thiophene rings is 3. The summed E-state index contributed by atoms with van der Waals surface area (Å²) in [5.74, 6) is 2.11. The highest BCUT2D eigenvalue weighted by Gasteiger charge is 2.28.